The predicted octanol–water partition coefficient (Wildman–Crippen LogP) is 3.42. The van der Waals surface area contributed by atoms with Gasteiger partial charge in [-0.25, -0.2) is 14.7 Å². The third-order valence-electron chi connectivity index (χ3n) is 5.83. The molecule has 2 aliphatic heterocycles. The Hall–Kier alpha value is -3.10. The van der Waals surface area contributed by atoms with E-state index in [1.54, 1.807) is 11.3 Å². The first-order chi connectivity index (χ1) is 15.1. The van der Waals surface area contributed by atoms with Gasteiger partial charge in [-0.05, 0) is 37.1 Å². The van der Waals surface area contributed by atoms with Gasteiger partial charge in [-0.2, -0.15) is 0 Å². The molecule has 0 bridgehead atoms. The summed E-state index contributed by atoms with van der Waals surface area (Å²) in [5, 5.41) is 1.09. The molecule has 31 heavy (non-hydrogen) atoms. The maximum absolute atomic E-state index is 12.8. The number of benzene rings is 2. The predicted molar refractivity (Wildman–Crippen MR) is 117 cm³/mol. The molecule has 8 heteroatoms. The van der Waals surface area contributed by atoms with Gasteiger partial charge in [0.2, 0.25) is 0 Å². The zero-order valence-corrected chi connectivity index (χ0v) is 17.8. The average molecular weight is 435 g/mol. The van der Waals surface area contributed by atoms with Gasteiger partial charge in [0.1, 0.15) is 0 Å². The number of aromatic nitrogens is 1. The van der Waals surface area contributed by atoms with Crippen molar-refractivity contribution in [1.82, 2.24) is 19.7 Å². The van der Waals surface area contributed by atoms with Crippen LogP contribution in [-0.2, 0) is 16.1 Å². The number of urea groups is 1. The highest BCUT2D eigenvalue weighted by Crippen LogP contribution is 2.33. The standard InChI is InChI=1S/C23H22N4O3S/c28-21-22(29)27(23(30)26(21)13-16-7-2-1-3-8-16)15-25-12-6-9-17(14-25)20-24-18-10-4-5-11-19(18)31-20/h1-5,7-8,10-11,17H,6,9,12-15H2/t17-/m0/s1. The van der Waals surface area contributed by atoms with Crippen LogP contribution in [0.1, 0.15) is 29.3 Å². The molecule has 2 saturated heterocycles. The summed E-state index contributed by atoms with van der Waals surface area (Å²) in [6.07, 6.45) is 1.98. The van der Waals surface area contributed by atoms with Gasteiger partial charge in [-0.1, -0.05) is 42.5 Å². The number of likely N-dealkylation sites (tertiary alicyclic amines) is 1. The lowest BCUT2D eigenvalue weighted by Crippen LogP contribution is -2.45. The lowest BCUT2D eigenvalue weighted by Gasteiger charge is -2.33. The molecule has 3 heterocycles. The third-order valence-corrected chi connectivity index (χ3v) is 7.02. The number of nitrogens with zero attached hydrogens (tertiary/aromatic N) is 4. The normalized spacial score (nSPS) is 20.3. The molecule has 1 atom stereocenters. The number of thiazole rings is 1. The number of hydrogen-bond acceptors (Lipinski definition) is 6. The maximum atomic E-state index is 12.8. The number of amides is 4. The molecule has 0 spiro atoms. The van der Waals surface area contributed by atoms with Crippen molar-refractivity contribution < 1.29 is 14.4 Å². The fourth-order valence-corrected chi connectivity index (χ4v) is 5.32. The Kier molecular flexibility index (Phi) is 5.25. The van der Waals surface area contributed by atoms with Crippen molar-refractivity contribution in [3.63, 3.8) is 0 Å². The van der Waals surface area contributed by atoms with Crippen LogP contribution in [0.4, 0.5) is 4.79 Å². The summed E-state index contributed by atoms with van der Waals surface area (Å²) in [6, 6.07) is 16.8. The smallest absolute Gasteiger partial charge is 0.285 e. The van der Waals surface area contributed by atoms with Crippen molar-refractivity contribution in [1.29, 1.82) is 0 Å². The minimum absolute atomic E-state index is 0.106. The molecule has 5 rings (SSSR count). The van der Waals surface area contributed by atoms with Crippen LogP contribution < -0.4 is 0 Å². The van der Waals surface area contributed by atoms with Crippen LogP contribution in [0.25, 0.3) is 10.2 Å². The fourth-order valence-electron chi connectivity index (χ4n) is 4.23. The van der Waals surface area contributed by atoms with E-state index in [1.807, 2.05) is 48.5 Å². The first kappa shape index (κ1) is 19.8. The summed E-state index contributed by atoms with van der Waals surface area (Å²) in [7, 11) is 0. The average Bonchev–Trinajstić information content (AvgIpc) is 3.32. The van der Waals surface area contributed by atoms with Crippen LogP contribution >= 0.6 is 11.3 Å². The molecule has 2 aromatic carbocycles. The molecule has 0 N–H and O–H groups in total. The highest BCUT2D eigenvalue weighted by Gasteiger charge is 2.45. The molecule has 2 aliphatic rings. The van der Waals surface area contributed by atoms with Crippen LogP contribution in [0.3, 0.4) is 0 Å². The number of piperidine rings is 1. The van der Waals surface area contributed by atoms with Gasteiger partial charge in [0.15, 0.2) is 0 Å². The zero-order chi connectivity index (χ0) is 21.4. The highest BCUT2D eigenvalue weighted by atomic mass is 32.1. The molecule has 1 aromatic heterocycles. The van der Waals surface area contributed by atoms with Crippen molar-refractivity contribution in [2.75, 3.05) is 19.8 Å². The van der Waals surface area contributed by atoms with Crippen molar-refractivity contribution >= 4 is 39.4 Å². The Bertz CT molecular complexity index is 1110. The summed E-state index contributed by atoms with van der Waals surface area (Å²) in [4.78, 5) is 46.8. The Labute approximate surface area is 183 Å². The van der Waals surface area contributed by atoms with E-state index in [-0.39, 0.29) is 19.1 Å². The topological polar surface area (TPSA) is 73.8 Å². The Balaban J connectivity index is 1.28. The monoisotopic (exact) mass is 434 g/mol. The third kappa shape index (κ3) is 3.84. The van der Waals surface area contributed by atoms with E-state index >= 15 is 0 Å². The molecule has 158 valence electrons. The summed E-state index contributed by atoms with van der Waals surface area (Å²) < 4.78 is 1.17. The van der Waals surface area contributed by atoms with Gasteiger partial charge in [-0.3, -0.25) is 19.4 Å². The molecule has 2 fully saturated rings. The van der Waals surface area contributed by atoms with Crippen molar-refractivity contribution in [3.8, 4) is 0 Å². The van der Waals surface area contributed by atoms with Crippen LogP contribution in [0, 0.1) is 0 Å². The van der Waals surface area contributed by atoms with E-state index < -0.39 is 17.8 Å². The van der Waals surface area contributed by atoms with Crippen molar-refractivity contribution in [3.05, 3.63) is 65.2 Å². The summed E-state index contributed by atoms with van der Waals surface area (Å²) in [5.41, 5.74) is 1.82. The molecule has 0 unspecified atom stereocenters. The van der Waals surface area contributed by atoms with Gasteiger partial charge in [0.05, 0.1) is 28.4 Å². The molecule has 4 amide bonds. The first-order valence-corrected chi connectivity index (χ1v) is 11.2. The van der Waals surface area contributed by atoms with Crippen LogP contribution in [-0.4, -0.2) is 57.3 Å². The minimum Gasteiger partial charge on any atom is -0.285 e. The fraction of sp³-hybridized carbons (Fsp3) is 0.304. The van der Waals surface area contributed by atoms with Gasteiger partial charge in [0, 0.05) is 12.5 Å². The number of rotatable bonds is 5. The number of carbonyl (C=O) groups is 3. The van der Waals surface area contributed by atoms with E-state index in [2.05, 4.69) is 11.0 Å². The van der Waals surface area contributed by atoms with E-state index in [0.717, 1.165) is 45.3 Å². The van der Waals surface area contributed by atoms with E-state index in [0.29, 0.717) is 6.54 Å². The molecule has 7 nitrogen and oxygen atoms in total. The van der Waals surface area contributed by atoms with Gasteiger partial charge < -0.3 is 0 Å². The number of para-hydroxylation sites is 1. The lowest BCUT2D eigenvalue weighted by molar-refractivity contribution is -0.144. The second-order valence-electron chi connectivity index (χ2n) is 7.97. The van der Waals surface area contributed by atoms with Gasteiger partial charge >= 0.3 is 17.8 Å². The molecule has 0 aliphatic carbocycles. The molecule has 0 saturated carbocycles. The maximum Gasteiger partial charge on any atom is 0.335 e. The summed E-state index contributed by atoms with van der Waals surface area (Å²) in [6.45, 7) is 1.74. The first-order valence-electron chi connectivity index (χ1n) is 10.4. The van der Waals surface area contributed by atoms with Crippen LogP contribution in [0.5, 0.6) is 0 Å². The van der Waals surface area contributed by atoms with Crippen molar-refractivity contribution in [2.24, 2.45) is 0 Å². The summed E-state index contributed by atoms with van der Waals surface area (Å²) in [5.74, 6) is -1.24. The molecule has 3 aromatic rings. The summed E-state index contributed by atoms with van der Waals surface area (Å²) >= 11 is 1.70. The highest BCUT2D eigenvalue weighted by molar-refractivity contribution is 7.18. The number of hydrogen-bond donors (Lipinski definition) is 0. The Morgan fingerprint density at radius 2 is 1.68 bits per heavy atom. The Morgan fingerprint density at radius 1 is 0.935 bits per heavy atom. The van der Waals surface area contributed by atoms with Gasteiger partial charge in [-0.15, -0.1) is 11.3 Å². The van der Waals surface area contributed by atoms with E-state index in [9.17, 15) is 14.4 Å². The van der Waals surface area contributed by atoms with Crippen LogP contribution in [0.2, 0.25) is 0 Å². The largest absolute Gasteiger partial charge is 0.335 e. The molecular weight excluding hydrogens is 412 g/mol. The number of imide groups is 2. The molecular formula is C23H22N4O3S. The number of fused-ring (bicyclic) bond motifs is 1. The SMILES string of the molecule is O=C1C(=O)N(CN2CCC[C@H](c3nc4ccccc4s3)C2)C(=O)N1Cc1ccccc1. The quantitative estimate of drug-likeness (QED) is 0.454. The van der Waals surface area contributed by atoms with Crippen LogP contribution in [0.15, 0.2) is 54.6 Å². The number of carbonyl (C=O) groups excluding carboxylic acids is 3. The van der Waals surface area contributed by atoms with Crippen molar-refractivity contribution in [2.45, 2.75) is 25.3 Å². The van der Waals surface area contributed by atoms with E-state index in [1.165, 1.54) is 4.70 Å². The minimum atomic E-state index is -0.756. The Morgan fingerprint density at radius 3 is 2.48 bits per heavy atom. The van der Waals surface area contributed by atoms with Gasteiger partial charge in [0.25, 0.3) is 0 Å². The zero-order valence-electron chi connectivity index (χ0n) is 16.9. The second kappa shape index (κ2) is 8.20. The lowest BCUT2D eigenvalue weighted by atomic mass is 9.99. The second-order valence-corrected chi connectivity index (χ2v) is 9.03. The molecule has 0 radical (unpaired) electrons. The van der Waals surface area contributed by atoms with E-state index in [4.69, 9.17) is 4.98 Å².